The molecule has 0 amide bonds. The largest absolute Gasteiger partial charge is 0.330 e. The van der Waals surface area contributed by atoms with Gasteiger partial charge in [0.1, 0.15) is 0 Å². The maximum Gasteiger partial charge on any atom is 0.0743 e. The van der Waals surface area contributed by atoms with E-state index in [0.29, 0.717) is 6.54 Å². The van der Waals surface area contributed by atoms with E-state index in [1.165, 1.54) is 16.5 Å². The zero-order valence-corrected chi connectivity index (χ0v) is 12.5. The lowest BCUT2D eigenvalue weighted by atomic mass is 9.75. The Kier molecular flexibility index (Phi) is 3.91. The zero-order valence-electron chi connectivity index (χ0n) is 12.5. The van der Waals surface area contributed by atoms with Crippen molar-refractivity contribution in [3.05, 3.63) is 41.1 Å². The molecule has 0 aliphatic rings. The van der Waals surface area contributed by atoms with E-state index < -0.39 is 0 Å². The van der Waals surface area contributed by atoms with Gasteiger partial charge >= 0.3 is 0 Å². The lowest BCUT2D eigenvalue weighted by molar-refractivity contribution is 0.409. The summed E-state index contributed by atoms with van der Waals surface area (Å²) in [6.45, 7) is 9.30. The summed E-state index contributed by atoms with van der Waals surface area (Å²) in [6.07, 6.45) is 2.10. The van der Waals surface area contributed by atoms with Gasteiger partial charge in [0.15, 0.2) is 0 Å². The maximum atomic E-state index is 6.09. The van der Waals surface area contributed by atoms with Gasteiger partial charge in [-0.25, -0.2) is 0 Å². The van der Waals surface area contributed by atoms with Crippen molar-refractivity contribution < 1.29 is 0 Å². The van der Waals surface area contributed by atoms with Crippen molar-refractivity contribution in [1.29, 1.82) is 0 Å². The Bertz CT molecular complexity index is 575. The number of pyridine rings is 1. The second-order valence-electron chi connectivity index (χ2n) is 5.46. The number of rotatable bonds is 4. The molecule has 0 atom stereocenters. The second-order valence-corrected chi connectivity index (χ2v) is 5.46. The highest BCUT2D eigenvalue weighted by atomic mass is 14.7. The van der Waals surface area contributed by atoms with Crippen LogP contribution in [0.2, 0.25) is 0 Å². The number of aromatic nitrogens is 1. The van der Waals surface area contributed by atoms with Gasteiger partial charge in [-0.3, -0.25) is 4.98 Å². The average Bonchev–Trinajstić information content (AvgIpc) is 2.43. The van der Waals surface area contributed by atoms with Gasteiger partial charge in [-0.05, 0) is 43.9 Å². The van der Waals surface area contributed by atoms with Gasteiger partial charge in [-0.15, -0.1) is 0 Å². The Balaban J connectivity index is 2.76. The highest BCUT2D eigenvalue weighted by Gasteiger charge is 2.29. The molecule has 2 nitrogen and oxygen atoms in total. The van der Waals surface area contributed by atoms with Gasteiger partial charge < -0.3 is 5.73 Å². The predicted octanol–water partition coefficient (Wildman–Crippen LogP) is 3.87. The van der Waals surface area contributed by atoms with E-state index in [-0.39, 0.29) is 5.41 Å². The van der Waals surface area contributed by atoms with E-state index in [2.05, 4.69) is 52.0 Å². The van der Waals surface area contributed by atoms with Crippen LogP contribution in [0.15, 0.2) is 24.3 Å². The first-order valence-corrected chi connectivity index (χ1v) is 7.15. The molecular weight excluding hydrogens is 232 g/mol. The van der Waals surface area contributed by atoms with Crippen LogP contribution in [-0.2, 0) is 5.41 Å². The topological polar surface area (TPSA) is 38.9 Å². The number of benzene rings is 1. The average molecular weight is 256 g/mol. The van der Waals surface area contributed by atoms with Crippen LogP contribution in [0.25, 0.3) is 10.9 Å². The van der Waals surface area contributed by atoms with Crippen LogP contribution in [0, 0.1) is 13.8 Å². The van der Waals surface area contributed by atoms with Crippen LogP contribution in [0.4, 0.5) is 0 Å². The van der Waals surface area contributed by atoms with E-state index in [0.717, 1.165) is 24.1 Å². The summed E-state index contributed by atoms with van der Waals surface area (Å²) < 4.78 is 0. The Morgan fingerprint density at radius 2 is 1.84 bits per heavy atom. The molecule has 2 aromatic rings. The Hall–Kier alpha value is -1.41. The number of fused-ring (bicyclic) bond motifs is 1. The minimum atomic E-state index is 0.0498. The molecule has 1 aromatic heterocycles. The molecule has 0 saturated heterocycles. The lowest BCUT2D eigenvalue weighted by Gasteiger charge is -2.31. The fourth-order valence-corrected chi connectivity index (χ4v) is 2.85. The van der Waals surface area contributed by atoms with Crippen molar-refractivity contribution in [3.63, 3.8) is 0 Å². The molecule has 0 aliphatic carbocycles. The fourth-order valence-electron chi connectivity index (χ4n) is 2.85. The van der Waals surface area contributed by atoms with Gasteiger partial charge in [0.25, 0.3) is 0 Å². The van der Waals surface area contributed by atoms with Crippen molar-refractivity contribution in [2.24, 2.45) is 5.73 Å². The minimum absolute atomic E-state index is 0.0498. The molecule has 1 aromatic carbocycles. The second kappa shape index (κ2) is 5.30. The van der Waals surface area contributed by atoms with Crippen LogP contribution < -0.4 is 5.73 Å². The van der Waals surface area contributed by atoms with Crippen molar-refractivity contribution in [2.45, 2.75) is 46.0 Å². The first-order valence-electron chi connectivity index (χ1n) is 7.15. The summed E-state index contributed by atoms with van der Waals surface area (Å²) in [7, 11) is 0. The van der Waals surface area contributed by atoms with Crippen molar-refractivity contribution in [1.82, 2.24) is 4.98 Å². The molecule has 2 heteroatoms. The molecule has 1 heterocycles. The van der Waals surface area contributed by atoms with Crippen molar-refractivity contribution in [2.75, 3.05) is 6.54 Å². The van der Waals surface area contributed by atoms with E-state index in [4.69, 9.17) is 10.7 Å². The zero-order chi connectivity index (χ0) is 14.0. The van der Waals surface area contributed by atoms with Gasteiger partial charge in [0, 0.05) is 23.0 Å². The van der Waals surface area contributed by atoms with Crippen LogP contribution in [0.1, 0.15) is 43.5 Å². The van der Waals surface area contributed by atoms with Gasteiger partial charge in [0.2, 0.25) is 0 Å². The number of aryl methyl sites for hydroxylation is 2. The molecule has 19 heavy (non-hydrogen) atoms. The third-order valence-corrected chi connectivity index (χ3v) is 4.61. The highest BCUT2D eigenvalue weighted by Crippen LogP contribution is 2.35. The summed E-state index contributed by atoms with van der Waals surface area (Å²) in [5.41, 5.74) is 10.9. The summed E-state index contributed by atoms with van der Waals surface area (Å²) in [5, 5.41) is 1.22. The van der Waals surface area contributed by atoms with Gasteiger partial charge in [-0.2, -0.15) is 0 Å². The molecule has 0 unspecified atom stereocenters. The molecule has 0 saturated carbocycles. The highest BCUT2D eigenvalue weighted by molar-refractivity contribution is 5.83. The molecule has 102 valence electrons. The monoisotopic (exact) mass is 256 g/mol. The van der Waals surface area contributed by atoms with E-state index in [1.54, 1.807) is 0 Å². The van der Waals surface area contributed by atoms with Gasteiger partial charge in [-0.1, -0.05) is 32.0 Å². The third-order valence-electron chi connectivity index (χ3n) is 4.61. The predicted molar refractivity (Wildman–Crippen MR) is 82.5 cm³/mol. The maximum absolute atomic E-state index is 6.09. The van der Waals surface area contributed by atoms with Crippen LogP contribution >= 0.6 is 0 Å². The SMILES string of the molecule is CCC(CC)(CN)c1cccc2cc(C)c(C)nc12. The molecule has 0 aliphatic heterocycles. The lowest BCUT2D eigenvalue weighted by Crippen LogP contribution is -2.34. The van der Waals surface area contributed by atoms with E-state index in [1.807, 2.05) is 0 Å². The van der Waals surface area contributed by atoms with Crippen molar-refractivity contribution >= 4 is 10.9 Å². The number of para-hydroxylation sites is 1. The van der Waals surface area contributed by atoms with Crippen LogP contribution in [-0.4, -0.2) is 11.5 Å². The van der Waals surface area contributed by atoms with Crippen LogP contribution in [0.5, 0.6) is 0 Å². The Labute approximate surface area is 116 Å². The number of hydrogen-bond donors (Lipinski definition) is 1. The first-order chi connectivity index (χ1) is 9.07. The molecular formula is C17H24N2. The molecule has 2 N–H and O–H groups in total. The number of hydrogen-bond acceptors (Lipinski definition) is 2. The van der Waals surface area contributed by atoms with E-state index in [9.17, 15) is 0 Å². The summed E-state index contributed by atoms with van der Waals surface area (Å²) in [6, 6.07) is 8.70. The smallest absolute Gasteiger partial charge is 0.0743 e. The normalized spacial score (nSPS) is 12.1. The molecule has 2 rings (SSSR count). The molecule has 0 radical (unpaired) electrons. The standard InChI is InChI=1S/C17H24N2/c1-5-17(6-2,11-18)15-9-7-8-14-10-12(3)13(4)19-16(14)15/h7-10H,5-6,11,18H2,1-4H3. The third kappa shape index (κ3) is 2.25. The quantitative estimate of drug-likeness (QED) is 0.902. The molecule has 0 bridgehead atoms. The number of nitrogens with two attached hydrogens (primary N) is 1. The molecule has 0 fully saturated rings. The first kappa shape index (κ1) is 14.0. The fraction of sp³-hybridized carbons (Fsp3) is 0.471. The number of nitrogens with zero attached hydrogens (tertiary/aromatic N) is 1. The summed E-state index contributed by atoms with van der Waals surface area (Å²) in [5.74, 6) is 0. The molecule has 0 spiro atoms. The van der Waals surface area contributed by atoms with Crippen molar-refractivity contribution in [3.8, 4) is 0 Å². The summed E-state index contributed by atoms with van der Waals surface area (Å²) >= 11 is 0. The minimum Gasteiger partial charge on any atom is -0.330 e. The summed E-state index contributed by atoms with van der Waals surface area (Å²) in [4.78, 5) is 4.83. The Morgan fingerprint density at radius 3 is 2.42 bits per heavy atom. The van der Waals surface area contributed by atoms with E-state index >= 15 is 0 Å². The Morgan fingerprint density at radius 1 is 1.16 bits per heavy atom. The van der Waals surface area contributed by atoms with Crippen LogP contribution in [0.3, 0.4) is 0 Å². The van der Waals surface area contributed by atoms with Gasteiger partial charge in [0.05, 0.1) is 5.52 Å².